The van der Waals surface area contributed by atoms with Gasteiger partial charge in [-0.3, -0.25) is 4.79 Å². The van der Waals surface area contributed by atoms with Crippen LogP contribution >= 0.6 is 0 Å². The molecule has 1 aromatic carbocycles. The van der Waals surface area contributed by atoms with E-state index in [0.717, 1.165) is 18.4 Å². The van der Waals surface area contributed by atoms with Gasteiger partial charge >= 0.3 is 0 Å². The minimum Gasteiger partial charge on any atom is -0.390 e. The number of carbonyl (C=O) groups excluding carboxylic acids is 1. The number of aliphatic hydroxyl groups is 1. The van der Waals surface area contributed by atoms with E-state index < -0.39 is 5.60 Å². The molecule has 0 bridgehead atoms. The number of hydrogen-bond donors (Lipinski definition) is 2. The van der Waals surface area contributed by atoms with Crippen LogP contribution in [0.2, 0.25) is 0 Å². The van der Waals surface area contributed by atoms with Crippen molar-refractivity contribution < 1.29 is 9.90 Å². The molecule has 0 heterocycles. The first-order valence-electron chi connectivity index (χ1n) is 6.50. The van der Waals surface area contributed by atoms with Crippen molar-refractivity contribution in [1.29, 1.82) is 0 Å². The van der Waals surface area contributed by atoms with Gasteiger partial charge in [-0.2, -0.15) is 0 Å². The van der Waals surface area contributed by atoms with Crippen molar-refractivity contribution in [2.45, 2.75) is 44.1 Å². The highest BCUT2D eigenvalue weighted by atomic mass is 16.3. The topological polar surface area (TPSA) is 49.3 Å². The van der Waals surface area contributed by atoms with Crippen molar-refractivity contribution in [2.24, 2.45) is 0 Å². The zero-order chi connectivity index (χ0) is 13.2. The summed E-state index contributed by atoms with van der Waals surface area (Å²) in [6, 6.07) is 9.94. The molecule has 1 aliphatic carbocycles. The lowest BCUT2D eigenvalue weighted by Crippen LogP contribution is -2.37. The third-order valence-electron chi connectivity index (χ3n) is 3.53. The molecule has 1 fully saturated rings. The molecule has 1 aliphatic rings. The summed E-state index contributed by atoms with van der Waals surface area (Å²) in [6.45, 7) is 4.03. The van der Waals surface area contributed by atoms with Crippen LogP contribution in [-0.4, -0.2) is 23.2 Å². The standard InChI is InChI=1S/C15H21NO2/c1-14(2,18)10-11-16-13(17)15(8-9-15)12-6-4-3-5-7-12/h3-7,18H,8-11H2,1-2H3,(H,16,17). The summed E-state index contributed by atoms with van der Waals surface area (Å²) in [4.78, 5) is 12.2. The number of nitrogens with one attached hydrogen (secondary N) is 1. The van der Waals surface area contributed by atoms with Crippen molar-refractivity contribution in [1.82, 2.24) is 5.32 Å². The first-order chi connectivity index (χ1) is 8.44. The van der Waals surface area contributed by atoms with Gasteiger partial charge in [-0.25, -0.2) is 0 Å². The Balaban J connectivity index is 1.94. The van der Waals surface area contributed by atoms with Crippen molar-refractivity contribution in [3.8, 4) is 0 Å². The van der Waals surface area contributed by atoms with E-state index in [4.69, 9.17) is 0 Å². The monoisotopic (exact) mass is 247 g/mol. The average Bonchev–Trinajstić information content (AvgIpc) is 3.09. The van der Waals surface area contributed by atoms with E-state index in [1.165, 1.54) is 0 Å². The fourth-order valence-corrected chi connectivity index (χ4v) is 2.18. The van der Waals surface area contributed by atoms with Crippen molar-refractivity contribution in [2.75, 3.05) is 6.54 Å². The number of amides is 1. The van der Waals surface area contributed by atoms with Gasteiger partial charge in [0.25, 0.3) is 0 Å². The fourth-order valence-electron chi connectivity index (χ4n) is 2.18. The van der Waals surface area contributed by atoms with Gasteiger partial charge in [-0.1, -0.05) is 30.3 Å². The summed E-state index contributed by atoms with van der Waals surface area (Å²) in [5.74, 6) is 0.0953. The molecule has 0 saturated heterocycles. The van der Waals surface area contributed by atoms with E-state index in [-0.39, 0.29) is 11.3 Å². The molecule has 1 amide bonds. The van der Waals surface area contributed by atoms with Crippen LogP contribution in [0.1, 0.15) is 38.7 Å². The molecule has 0 spiro atoms. The summed E-state index contributed by atoms with van der Waals surface area (Å²) in [5.41, 5.74) is 0.0724. The summed E-state index contributed by atoms with van der Waals surface area (Å²) < 4.78 is 0. The van der Waals surface area contributed by atoms with Gasteiger partial charge in [0.15, 0.2) is 0 Å². The zero-order valence-corrected chi connectivity index (χ0v) is 11.1. The maximum atomic E-state index is 12.2. The lowest BCUT2D eigenvalue weighted by atomic mass is 9.95. The Labute approximate surface area is 108 Å². The molecule has 1 aromatic rings. The predicted molar refractivity (Wildman–Crippen MR) is 71.3 cm³/mol. The molecule has 1 saturated carbocycles. The van der Waals surface area contributed by atoms with Crippen LogP contribution < -0.4 is 5.32 Å². The van der Waals surface area contributed by atoms with E-state index in [1.807, 2.05) is 30.3 Å². The highest BCUT2D eigenvalue weighted by Crippen LogP contribution is 2.48. The zero-order valence-electron chi connectivity index (χ0n) is 11.1. The summed E-state index contributed by atoms with van der Waals surface area (Å²) >= 11 is 0. The van der Waals surface area contributed by atoms with E-state index in [9.17, 15) is 9.90 Å². The molecule has 3 nitrogen and oxygen atoms in total. The number of rotatable bonds is 5. The van der Waals surface area contributed by atoms with Crippen LogP contribution in [0.5, 0.6) is 0 Å². The van der Waals surface area contributed by atoms with E-state index in [0.29, 0.717) is 13.0 Å². The van der Waals surface area contributed by atoms with Crippen LogP contribution in [0.15, 0.2) is 30.3 Å². The Morgan fingerprint density at radius 1 is 1.33 bits per heavy atom. The second-order valence-electron chi connectivity index (χ2n) is 5.77. The number of benzene rings is 1. The minimum atomic E-state index is -0.725. The Morgan fingerprint density at radius 3 is 2.44 bits per heavy atom. The predicted octanol–water partition coefficient (Wildman–Crippen LogP) is 2.00. The molecule has 0 radical (unpaired) electrons. The summed E-state index contributed by atoms with van der Waals surface area (Å²) in [7, 11) is 0. The van der Waals surface area contributed by atoms with Crippen LogP contribution in [0.4, 0.5) is 0 Å². The molecule has 2 rings (SSSR count). The lowest BCUT2D eigenvalue weighted by molar-refractivity contribution is -0.123. The first kappa shape index (κ1) is 13.1. The van der Waals surface area contributed by atoms with Gasteiger partial charge in [0, 0.05) is 6.54 Å². The van der Waals surface area contributed by atoms with Crippen LogP contribution in [0.25, 0.3) is 0 Å². The maximum absolute atomic E-state index is 12.2. The van der Waals surface area contributed by atoms with Crippen LogP contribution in [-0.2, 0) is 10.2 Å². The second kappa shape index (κ2) is 4.73. The van der Waals surface area contributed by atoms with E-state index >= 15 is 0 Å². The normalized spacial score (nSPS) is 17.3. The van der Waals surface area contributed by atoms with Crippen molar-refractivity contribution in [3.05, 3.63) is 35.9 Å². The van der Waals surface area contributed by atoms with Crippen LogP contribution in [0.3, 0.4) is 0 Å². The quantitative estimate of drug-likeness (QED) is 0.836. The molecule has 0 aliphatic heterocycles. The molecule has 0 unspecified atom stereocenters. The maximum Gasteiger partial charge on any atom is 0.230 e. The van der Waals surface area contributed by atoms with Gasteiger partial charge in [0.1, 0.15) is 0 Å². The number of hydrogen-bond acceptors (Lipinski definition) is 2. The molecule has 3 heteroatoms. The average molecular weight is 247 g/mol. The van der Waals surface area contributed by atoms with E-state index in [1.54, 1.807) is 13.8 Å². The molecular weight excluding hydrogens is 226 g/mol. The minimum absolute atomic E-state index is 0.0953. The number of carbonyl (C=O) groups is 1. The molecular formula is C15H21NO2. The molecule has 98 valence electrons. The lowest BCUT2D eigenvalue weighted by Gasteiger charge is -2.19. The summed E-state index contributed by atoms with van der Waals surface area (Å²) in [6.07, 6.45) is 2.42. The Hall–Kier alpha value is -1.35. The highest BCUT2D eigenvalue weighted by molar-refractivity contribution is 5.91. The van der Waals surface area contributed by atoms with E-state index in [2.05, 4.69) is 5.32 Å². The molecule has 2 N–H and O–H groups in total. The smallest absolute Gasteiger partial charge is 0.230 e. The van der Waals surface area contributed by atoms with Crippen molar-refractivity contribution in [3.63, 3.8) is 0 Å². The third-order valence-corrected chi connectivity index (χ3v) is 3.53. The molecule has 0 atom stereocenters. The SMILES string of the molecule is CC(C)(O)CCNC(=O)C1(c2ccccc2)CC1. The fraction of sp³-hybridized carbons (Fsp3) is 0.533. The van der Waals surface area contributed by atoms with Crippen LogP contribution in [0, 0.1) is 0 Å². The van der Waals surface area contributed by atoms with Gasteiger partial charge < -0.3 is 10.4 Å². The highest BCUT2D eigenvalue weighted by Gasteiger charge is 2.50. The Bertz CT molecular complexity index is 416. The van der Waals surface area contributed by atoms with Gasteiger partial charge in [0.05, 0.1) is 11.0 Å². The third kappa shape index (κ3) is 2.91. The van der Waals surface area contributed by atoms with Gasteiger partial charge in [-0.15, -0.1) is 0 Å². The Morgan fingerprint density at radius 2 is 1.94 bits per heavy atom. The van der Waals surface area contributed by atoms with Gasteiger partial charge in [0.2, 0.25) is 5.91 Å². The second-order valence-corrected chi connectivity index (χ2v) is 5.77. The first-order valence-corrected chi connectivity index (χ1v) is 6.50. The van der Waals surface area contributed by atoms with Crippen molar-refractivity contribution >= 4 is 5.91 Å². The Kier molecular flexibility index (Phi) is 3.44. The largest absolute Gasteiger partial charge is 0.390 e. The van der Waals surface area contributed by atoms with Gasteiger partial charge in [-0.05, 0) is 38.7 Å². The molecule has 18 heavy (non-hydrogen) atoms. The summed E-state index contributed by atoms with van der Waals surface area (Å²) in [5, 5.41) is 12.6. The molecule has 0 aromatic heterocycles.